The van der Waals surface area contributed by atoms with Crippen LogP contribution in [0.3, 0.4) is 0 Å². The van der Waals surface area contributed by atoms with Crippen molar-refractivity contribution in [3.05, 3.63) is 0 Å². The van der Waals surface area contributed by atoms with E-state index >= 15 is 0 Å². The second-order valence-corrected chi connectivity index (χ2v) is 26.5. The van der Waals surface area contributed by atoms with Crippen molar-refractivity contribution in [3.8, 4) is 0 Å². The molecule has 8 heterocycles. The summed E-state index contributed by atoms with van der Waals surface area (Å²) in [4.78, 5) is 91.9. The van der Waals surface area contributed by atoms with Gasteiger partial charge in [-0.3, -0.25) is 33.6 Å². The molecule has 0 spiro atoms. The van der Waals surface area contributed by atoms with Gasteiger partial charge < -0.3 is 129 Å². The molecule has 0 bridgehead atoms. The zero-order valence-electron chi connectivity index (χ0n) is 57.9. The Morgan fingerprint density at radius 1 is 0.469 bits per heavy atom. The van der Waals surface area contributed by atoms with Crippen LogP contribution in [-0.2, 0) is 99.9 Å². The third-order valence-corrected chi connectivity index (χ3v) is 18.5. The number of hydrogen-bond acceptors (Lipinski definition) is 28. The molecule has 33 nitrogen and oxygen atoms in total. The Labute approximate surface area is 574 Å². The molecule has 98 heavy (non-hydrogen) atoms. The molecule has 8 rings (SSSR count). The van der Waals surface area contributed by atoms with Gasteiger partial charge in [0.05, 0.1) is 118 Å². The van der Waals surface area contributed by atoms with Crippen molar-refractivity contribution < 1.29 is 125 Å². The van der Waals surface area contributed by atoms with Gasteiger partial charge in [0.1, 0.15) is 18.3 Å². The van der Waals surface area contributed by atoms with Crippen molar-refractivity contribution in [3.63, 3.8) is 0 Å². The number of amides is 5. The molecule has 33 heteroatoms. The van der Waals surface area contributed by atoms with Crippen LogP contribution in [0.4, 0.5) is 0 Å². The van der Waals surface area contributed by atoms with Gasteiger partial charge in [-0.15, -0.1) is 0 Å². The minimum absolute atomic E-state index is 0.00269. The van der Waals surface area contributed by atoms with E-state index in [4.69, 9.17) is 88.0 Å². The topological polar surface area (TPSA) is 436 Å². The summed E-state index contributed by atoms with van der Waals surface area (Å²) in [5.74, 6) is -3.06. The number of aliphatic hydroxyl groups excluding tert-OH is 5. The number of ether oxygens (including phenoxy) is 14. The van der Waals surface area contributed by atoms with Crippen molar-refractivity contribution in [1.82, 2.24) is 25.3 Å². The van der Waals surface area contributed by atoms with Crippen molar-refractivity contribution >= 4 is 41.1 Å². The van der Waals surface area contributed by atoms with Gasteiger partial charge in [0, 0.05) is 115 Å². The Kier molecular flexibility index (Phi) is 35.9. The molecular weight excluding hydrogens is 1290 g/mol. The van der Waals surface area contributed by atoms with Gasteiger partial charge in [-0.2, -0.15) is 0 Å². The highest BCUT2D eigenvalue weighted by molar-refractivity contribution is 5.83. The second kappa shape index (κ2) is 42.4. The first kappa shape index (κ1) is 82.8. The van der Waals surface area contributed by atoms with Crippen LogP contribution >= 0.6 is 0 Å². The van der Waals surface area contributed by atoms with Crippen LogP contribution in [0.5, 0.6) is 0 Å². The Balaban J connectivity index is 0.000000234. The quantitative estimate of drug-likeness (QED) is 0.0310. The molecule has 10 atom stereocenters. The fourth-order valence-electron chi connectivity index (χ4n) is 11.4. The van der Waals surface area contributed by atoms with Crippen LogP contribution in [0.25, 0.3) is 0 Å². The van der Waals surface area contributed by atoms with E-state index in [0.29, 0.717) is 131 Å². The summed E-state index contributed by atoms with van der Waals surface area (Å²) in [6, 6.07) is 0. The number of Topliss-reactive ketones (excluding diaryl/α,β-unsaturated/α-hetero) is 2. The lowest BCUT2D eigenvalue weighted by atomic mass is 9.87. The van der Waals surface area contributed by atoms with Crippen LogP contribution in [0.2, 0.25) is 0 Å². The highest BCUT2D eigenvalue weighted by atomic mass is 16.8. The molecule has 10 unspecified atom stereocenters. The number of ketones is 2. The molecular formula is C65H113N7O26. The van der Waals surface area contributed by atoms with E-state index in [1.807, 2.05) is 13.8 Å². The number of hydrogen-bond donors (Lipinski definition) is 9. The van der Waals surface area contributed by atoms with Crippen molar-refractivity contribution in [2.45, 2.75) is 204 Å². The molecule has 8 saturated heterocycles. The van der Waals surface area contributed by atoms with E-state index in [9.17, 15) is 48.9 Å². The summed E-state index contributed by atoms with van der Waals surface area (Å²) in [5.41, 5.74) is 10.3. The maximum absolute atomic E-state index is 12.9. The number of nitrogens with one attached hydrogen (secondary N) is 2. The Morgan fingerprint density at radius 3 is 1.15 bits per heavy atom. The minimum Gasteiger partial charge on any atom is -0.396 e. The summed E-state index contributed by atoms with van der Waals surface area (Å²) < 4.78 is 77.1. The molecule has 0 aromatic carbocycles. The number of aliphatic hydroxyl groups is 5. The second-order valence-electron chi connectivity index (χ2n) is 26.5. The number of nitrogens with zero attached hydrogens (tertiary/aromatic N) is 3. The Morgan fingerprint density at radius 2 is 0.827 bits per heavy atom. The van der Waals surface area contributed by atoms with Crippen LogP contribution in [0, 0.1) is 10.8 Å². The van der Waals surface area contributed by atoms with E-state index in [1.54, 1.807) is 23.6 Å². The van der Waals surface area contributed by atoms with Crippen LogP contribution in [0.1, 0.15) is 130 Å². The fourth-order valence-corrected chi connectivity index (χ4v) is 11.4. The molecule has 564 valence electrons. The lowest BCUT2D eigenvalue weighted by Gasteiger charge is -2.43. The van der Waals surface area contributed by atoms with Crippen molar-refractivity contribution in [2.75, 3.05) is 158 Å². The Hall–Kier alpha value is -4.15. The molecule has 0 saturated carbocycles. The molecule has 8 aliphatic heterocycles. The van der Waals surface area contributed by atoms with Gasteiger partial charge >= 0.3 is 0 Å². The maximum Gasteiger partial charge on any atom is 0.279 e. The first-order chi connectivity index (χ1) is 47.1. The summed E-state index contributed by atoms with van der Waals surface area (Å²) in [6.07, 6.45) is 2.23. The Bertz CT molecular complexity index is 2260. The van der Waals surface area contributed by atoms with Crippen LogP contribution < -0.4 is 22.1 Å². The molecule has 0 aromatic rings. The molecule has 5 amide bonds. The summed E-state index contributed by atoms with van der Waals surface area (Å²) in [6.45, 7) is 14.2. The van der Waals surface area contributed by atoms with Gasteiger partial charge in [0.2, 0.25) is 42.5 Å². The van der Waals surface area contributed by atoms with Gasteiger partial charge in [-0.25, -0.2) is 0 Å². The highest BCUT2D eigenvalue weighted by Crippen LogP contribution is 2.36. The number of carbonyl (C=O) groups is 7. The summed E-state index contributed by atoms with van der Waals surface area (Å²) >= 11 is 0. The maximum atomic E-state index is 12.9. The lowest BCUT2D eigenvalue weighted by molar-refractivity contribution is -0.299. The fraction of sp³-hybridized carbons (Fsp3) is 0.892. The smallest absolute Gasteiger partial charge is 0.279 e. The average Bonchev–Trinajstić information content (AvgIpc) is 1.35. The van der Waals surface area contributed by atoms with Crippen LogP contribution in [0.15, 0.2) is 0 Å². The monoisotopic (exact) mass is 1410 g/mol. The van der Waals surface area contributed by atoms with E-state index < -0.39 is 54.7 Å². The standard InChI is InChI=1S/C26H48N2O8.C21H33NO12.C18H32N4O6/c1-5-25(15-29)17-33-23(3,34-18-25)13-21(31)27-11-9-7-8-10-12-28-22(32)14-24(4)35-19-26(6-2,16-30)20-36-24;23-7-13-10-29-19(32-13)16(26)3-1-5-22(18(28)21-31-12-15(9-25)34-21)6-2-4-17(27)20-30-11-14(8-24)33-20;19-9-13-11-25-17(27-13)3-1-15(23)21-5-7-22(8-6-21)16(24)2-4-18-26-12-14(10-20)28-18/h29-30H,5-20H2,1-4H3,(H,27,31)(H,28,32);13-15,19-21,23-25H,1-12H2;13-14,17-18H,1-12,19-20H2. The molecule has 0 radical (unpaired) electrons. The molecule has 0 aromatic heterocycles. The average molecular weight is 1410 g/mol. The molecule has 11 N–H and O–H groups in total. The van der Waals surface area contributed by atoms with Gasteiger partial charge in [0.25, 0.3) is 5.91 Å². The SMILES string of the molecule is CCC1(CO)COC(C)(CC(=O)NCCCCCCNC(=O)CC2(C)OCC(CC)(CO)CO2)OC1.NCC1COC(CCC(=O)N2CCN(C(=O)CCC3OCC(CN)O3)CC2)O1.O=C(CCCN(CCCC(=O)C1OCC(CO)O1)C(=O)C1OCC(CO)O1)C1OCC(CO)O1. The zero-order chi connectivity index (χ0) is 71.1. The van der Waals surface area contributed by atoms with Crippen molar-refractivity contribution in [1.29, 1.82) is 0 Å². The molecule has 8 fully saturated rings. The number of carbonyl (C=O) groups excluding carboxylic acids is 7. The number of piperazine rings is 1. The zero-order valence-corrected chi connectivity index (χ0v) is 57.9. The van der Waals surface area contributed by atoms with E-state index in [1.165, 1.54) is 4.90 Å². The highest BCUT2D eigenvalue weighted by Gasteiger charge is 2.44. The van der Waals surface area contributed by atoms with Gasteiger partial charge in [-0.05, 0) is 52.4 Å². The van der Waals surface area contributed by atoms with Crippen LogP contribution in [-0.4, -0.2) is 313 Å². The van der Waals surface area contributed by atoms with E-state index in [-0.39, 0.29) is 162 Å². The summed E-state index contributed by atoms with van der Waals surface area (Å²) in [5, 5.41) is 52.3. The third kappa shape index (κ3) is 26.9. The number of unbranched alkanes of at least 4 members (excludes halogenated alkanes) is 3. The third-order valence-electron chi connectivity index (χ3n) is 18.5. The number of nitrogens with two attached hydrogens (primary N) is 2. The molecule has 8 aliphatic rings. The predicted octanol–water partition coefficient (Wildman–Crippen LogP) is -1.80. The first-order valence-electron chi connectivity index (χ1n) is 34.9. The molecule has 0 aliphatic carbocycles. The predicted molar refractivity (Wildman–Crippen MR) is 343 cm³/mol. The van der Waals surface area contributed by atoms with E-state index in [2.05, 4.69) is 10.6 Å². The normalized spacial score (nSPS) is 31.6. The largest absolute Gasteiger partial charge is 0.396 e. The summed E-state index contributed by atoms with van der Waals surface area (Å²) in [7, 11) is 0. The first-order valence-corrected chi connectivity index (χ1v) is 34.9. The van der Waals surface area contributed by atoms with E-state index in [0.717, 1.165) is 38.5 Å². The van der Waals surface area contributed by atoms with Gasteiger partial charge in [0.15, 0.2) is 35.7 Å². The lowest BCUT2D eigenvalue weighted by Crippen LogP contribution is -2.51. The van der Waals surface area contributed by atoms with Crippen molar-refractivity contribution in [2.24, 2.45) is 22.3 Å². The van der Waals surface area contributed by atoms with Gasteiger partial charge in [-0.1, -0.05) is 26.7 Å². The number of rotatable bonds is 37. The minimum atomic E-state index is -1.16.